The van der Waals surface area contributed by atoms with Crippen LogP contribution in [0.1, 0.15) is 39.0 Å². The van der Waals surface area contributed by atoms with E-state index in [9.17, 15) is 0 Å². The van der Waals surface area contributed by atoms with Crippen molar-refractivity contribution in [3.63, 3.8) is 0 Å². The van der Waals surface area contributed by atoms with Gasteiger partial charge in [0.25, 0.3) is 0 Å². The third-order valence-corrected chi connectivity index (χ3v) is 3.20. The highest BCUT2D eigenvalue weighted by Crippen LogP contribution is 2.28. The molecule has 0 heterocycles. The summed E-state index contributed by atoms with van der Waals surface area (Å²) >= 11 is 0. The van der Waals surface area contributed by atoms with Crippen molar-refractivity contribution in [3.05, 3.63) is 0 Å². The van der Waals surface area contributed by atoms with Gasteiger partial charge in [-0.15, -0.1) is 0 Å². The molecule has 2 nitrogen and oxygen atoms in total. The molecule has 1 aliphatic carbocycles. The minimum atomic E-state index is 0.790. The third-order valence-electron chi connectivity index (χ3n) is 3.20. The molecule has 0 aromatic carbocycles. The largest absolute Gasteiger partial charge is 0.330 e. The van der Waals surface area contributed by atoms with Crippen LogP contribution in [0.2, 0.25) is 0 Å². The second kappa shape index (κ2) is 6.39. The van der Waals surface area contributed by atoms with Crippen LogP contribution in [0.4, 0.5) is 0 Å². The van der Waals surface area contributed by atoms with Gasteiger partial charge in [-0.25, -0.2) is 0 Å². The SMILES string of the molecule is CCCNCC1CCCCC1CN. The number of hydrogen-bond acceptors (Lipinski definition) is 2. The normalized spacial score (nSPS) is 29.1. The summed E-state index contributed by atoms with van der Waals surface area (Å²) in [5.41, 5.74) is 5.77. The highest BCUT2D eigenvalue weighted by Gasteiger charge is 2.22. The second-order valence-electron chi connectivity index (χ2n) is 4.24. The van der Waals surface area contributed by atoms with E-state index in [4.69, 9.17) is 5.73 Å². The second-order valence-corrected chi connectivity index (χ2v) is 4.24. The molecule has 2 unspecified atom stereocenters. The topological polar surface area (TPSA) is 38.0 Å². The molecule has 2 atom stereocenters. The minimum absolute atomic E-state index is 0.790. The maximum absolute atomic E-state index is 5.77. The Labute approximate surface area is 82.3 Å². The third kappa shape index (κ3) is 3.65. The van der Waals surface area contributed by atoms with Gasteiger partial charge in [-0.3, -0.25) is 0 Å². The molecule has 0 amide bonds. The predicted octanol–water partition coefficient (Wildman–Crippen LogP) is 1.75. The van der Waals surface area contributed by atoms with E-state index in [1.807, 2.05) is 0 Å². The Morgan fingerprint density at radius 1 is 1.23 bits per heavy atom. The molecule has 13 heavy (non-hydrogen) atoms. The maximum atomic E-state index is 5.77. The summed E-state index contributed by atoms with van der Waals surface area (Å²) in [5.74, 6) is 1.64. The van der Waals surface area contributed by atoms with Crippen molar-refractivity contribution < 1.29 is 0 Å². The fourth-order valence-electron chi connectivity index (χ4n) is 2.33. The highest BCUT2D eigenvalue weighted by atomic mass is 14.9. The van der Waals surface area contributed by atoms with E-state index in [0.29, 0.717) is 0 Å². The molecule has 1 aliphatic rings. The lowest BCUT2D eigenvalue weighted by Gasteiger charge is -2.30. The van der Waals surface area contributed by atoms with Gasteiger partial charge in [0.05, 0.1) is 0 Å². The van der Waals surface area contributed by atoms with Crippen molar-refractivity contribution in [2.75, 3.05) is 19.6 Å². The molecule has 0 radical (unpaired) electrons. The van der Waals surface area contributed by atoms with E-state index in [1.165, 1.54) is 38.6 Å². The molecule has 78 valence electrons. The zero-order valence-corrected chi connectivity index (χ0v) is 8.89. The molecule has 1 fully saturated rings. The van der Waals surface area contributed by atoms with Gasteiger partial charge in [0.1, 0.15) is 0 Å². The van der Waals surface area contributed by atoms with Gasteiger partial charge in [0.15, 0.2) is 0 Å². The quantitative estimate of drug-likeness (QED) is 0.639. The van der Waals surface area contributed by atoms with Crippen LogP contribution in [-0.2, 0) is 0 Å². The van der Waals surface area contributed by atoms with Crippen LogP contribution < -0.4 is 11.1 Å². The number of nitrogens with one attached hydrogen (secondary N) is 1. The van der Waals surface area contributed by atoms with Crippen LogP contribution in [0.3, 0.4) is 0 Å². The Morgan fingerprint density at radius 3 is 2.54 bits per heavy atom. The molecular weight excluding hydrogens is 160 g/mol. The maximum Gasteiger partial charge on any atom is -0.00174 e. The van der Waals surface area contributed by atoms with Gasteiger partial charge < -0.3 is 11.1 Å². The fourth-order valence-corrected chi connectivity index (χ4v) is 2.33. The van der Waals surface area contributed by atoms with Crippen LogP contribution in [0.5, 0.6) is 0 Å². The molecule has 0 spiro atoms. The van der Waals surface area contributed by atoms with Gasteiger partial charge in [-0.1, -0.05) is 19.8 Å². The highest BCUT2D eigenvalue weighted by molar-refractivity contribution is 4.77. The average molecular weight is 184 g/mol. The number of rotatable bonds is 5. The van der Waals surface area contributed by atoms with Crippen molar-refractivity contribution in [2.24, 2.45) is 17.6 Å². The van der Waals surface area contributed by atoms with Crippen molar-refractivity contribution in [1.82, 2.24) is 5.32 Å². The first-order valence-corrected chi connectivity index (χ1v) is 5.79. The van der Waals surface area contributed by atoms with E-state index in [0.717, 1.165) is 24.9 Å². The van der Waals surface area contributed by atoms with Crippen molar-refractivity contribution in [3.8, 4) is 0 Å². The van der Waals surface area contributed by atoms with Crippen molar-refractivity contribution in [1.29, 1.82) is 0 Å². The van der Waals surface area contributed by atoms with Crippen LogP contribution in [-0.4, -0.2) is 19.6 Å². The zero-order valence-electron chi connectivity index (χ0n) is 8.89. The Kier molecular flexibility index (Phi) is 5.40. The molecule has 0 aromatic heterocycles. The Balaban J connectivity index is 2.19. The summed E-state index contributed by atoms with van der Waals surface area (Å²) in [6, 6.07) is 0. The fraction of sp³-hybridized carbons (Fsp3) is 1.00. The van der Waals surface area contributed by atoms with Crippen LogP contribution in [0.15, 0.2) is 0 Å². The summed E-state index contributed by atoms with van der Waals surface area (Å²) in [5, 5.41) is 3.51. The van der Waals surface area contributed by atoms with Gasteiger partial charge >= 0.3 is 0 Å². The molecule has 0 aliphatic heterocycles. The Morgan fingerprint density at radius 2 is 1.92 bits per heavy atom. The molecule has 1 rings (SSSR count). The first kappa shape index (κ1) is 11.0. The lowest BCUT2D eigenvalue weighted by molar-refractivity contribution is 0.236. The molecule has 3 N–H and O–H groups in total. The van der Waals surface area contributed by atoms with Gasteiger partial charge in [0.2, 0.25) is 0 Å². The van der Waals surface area contributed by atoms with Crippen molar-refractivity contribution >= 4 is 0 Å². The molecule has 0 aromatic rings. The van der Waals surface area contributed by atoms with Crippen LogP contribution in [0.25, 0.3) is 0 Å². The molecule has 0 bridgehead atoms. The van der Waals surface area contributed by atoms with Gasteiger partial charge in [0, 0.05) is 0 Å². The summed E-state index contributed by atoms with van der Waals surface area (Å²) in [6.45, 7) is 5.45. The smallest absolute Gasteiger partial charge is 0.00174 e. The Hall–Kier alpha value is -0.0800. The van der Waals surface area contributed by atoms with E-state index in [2.05, 4.69) is 12.2 Å². The van der Waals surface area contributed by atoms with E-state index < -0.39 is 0 Å². The standard InChI is InChI=1S/C11H24N2/c1-2-7-13-9-11-6-4-3-5-10(11)8-12/h10-11,13H,2-9,12H2,1H3. The molecular formula is C11H24N2. The predicted molar refractivity (Wildman–Crippen MR) is 57.7 cm³/mol. The van der Waals surface area contributed by atoms with Crippen LogP contribution >= 0.6 is 0 Å². The Bertz CT molecular complexity index is 125. The number of nitrogens with two attached hydrogens (primary N) is 1. The molecule has 1 saturated carbocycles. The van der Waals surface area contributed by atoms with E-state index >= 15 is 0 Å². The summed E-state index contributed by atoms with van der Waals surface area (Å²) in [7, 11) is 0. The lowest BCUT2D eigenvalue weighted by Crippen LogP contribution is -2.34. The first-order chi connectivity index (χ1) is 6.38. The van der Waals surface area contributed by atoms with Crippen molar-refractivity contribution in [2.45, 2.75) is 39.0 Å². The average Bonchev–Trinajstić information content (AvgIpc) is 2.19. The van der Waals surface area contributed by atoms with Gasteiger partial charge in [-0.2, -0.15) is 0 Å². The summed E-state index contributed by atoms with van der Waals surface area (Å²) in [4.78, 5) is 0. The van der Waals surface area contributed by atoms with Crippen LogP contribution in [0, 0.1) is 11.8 Å². The summed E-state index contributed by atoms with van der Waals surface area (Å²) < 4.78 is 0. The van der Waals surface area contributed by atoms with E-state index in [1.54, 1.807) is 0 Å². The van der Waals surface area contributed by atoms with E-state index in [-0.39, 0.29) is 0 Å². The number of hydrogen-bond donors (Lipinski definition) is 2. The van der Waals surface area contributed by atoms with Gasteiger partial charge in [-0.05, 0) is 50.7 Å². The monoisotopic (exact) mass is 184 g/mol. The molecule has 0 saturated heterocycles. The zero-order chi connectivity index (χ0) is 9.52. The minimum Gasteiger partial charge on any atom is -0.330 e. The molecule has 2 heteroatoms. The summed E-state index contributed by atoms with van der Waals surface area (Å²) in [6.07, 6.45) is 6.79. The lowest BCUT2D eigenvalue weighted by atomic mass is 9.79. The first-order valence-electron chi connectivity index (χ1n) is 5.79.